The third-order valence-corrected chi connectivity index (χ3v) is 6.76. The zero-order valence-electron chi connectivity index (χ0n) is 18.6. The number of aromatic nitrogens is 3. The molecule has 1 aromatic carbocycles. The Bertz CT molecular complexity index is 1020. The van der Waals surface area contributed by atoms with Gasteiger partial charge in [0.15, 0.2) is 0 Å². The number of hydrogen-bond donors (Lipinski definition) is 2. The Hall–Kier alpha value is -2.29. The minimum absolute atomic E-state index is 0.444. The van der Waals surface area contributed by atoms with E-state index in [0.29, 0.717) is 11.2 Å². The van der Waals surface area contributed by atoms with Crippen molar-refractivity contribution in [2.24, 2.45) is 0 Å². The van der Waals surface area contributed by atoms with Crippen LogP contribution >= 0.6 is 23.5 Å². The molecule has 0 spiro atoms. The third kappa shape index (κ3) is 5.54. The molecule has 0 bridgehead atoms. The second kappa shape index (κ2) is 11.0. The summed E-state index contributed by atoms with van der Waals surface area (Å²) in [5.41, 5.74) is 1.91. The molecule has 1 aliphatic rings. The van der Waals surface area contributed by atoms with Crippen molar-refractivity contribution < 1.29 is 0 Å². The van der Waals surface area contributed by atoms with E-state index in [4.69, 9.17) is 21.6 Å². The normalized spacial score (nSPS) is 17.0. The zero-order chi connectivity index (χ0) is 22.3. The van der Waals surface area contributed by atoms with Crippen LogP contribution in [0.2, 0.25) is 5.15 Å². The molecule has 2 aromatic heterocycles. The van der Waals surface area contributed by atoms with Crippen LogP contribution in [-0.4, -0.2) is 64.4 Å². The number of fused-ring (bicyclic) bond motifs is 1. The number of halogens is 1. The Kier molecular flexibility index (Phi) is 7.89. The van der Waals surface area contributed by atoms with Crippen LogP contribution in [0, 0.1) is 0 Å². The second-order valence-electron chi connectivity index (χ2n) is 7.78. The van der Waals surface area contributed by atoms with E-state index >= 15 is 0 Å². The van der Waals surface area contributed by atoms with E-state index in [0.717, 1.165) is 73.3 Å². The fraction of sp³-hybridized carbons (Fsp3) is 0.435. The average molecular weight is 472 g/mol. The van der Waals surface area contributed by atoms with Crippen molar-refractivity contribution in [3.8, 4) is 0 Å². The lowest BCUT2D eigenvalue weighted by Crippen LogP contribution is -2.53. The Morgan fingerprint density at radius 1 is 1.16 bits per heavy atom. The lowest BCUT2D eigenvalue weighted by molar-refractivity contribution is 0.180. The van der Waals surface area contributed by atoms with Crippen molar-refractivity contribution in [2.45, 2.75) is 26.3 Å². The zero-order valence-corrected chi connectivity index (χ0v) is 20.2. The van der Waals surface area contributed by atoms with Crippen LogP contribution in [0.25, 0.3) is 10.9 Å². The minimum Gasteiger partial charge on any atom is -0.368 e. The van der Waals surface area contributed by atoms with Gasteiger partial charge < -0.3 is 14.9 Å². The van der Waals surface area contributed by atoms with Gasteiger partial charge in [0.2, 0.25) is 5.95 Å². The number of nitrogens with zero attached hydrogens (tertiary/aromatic N) is 5. The highest BCUT2D eigenvalue weighted by Gasteiger charge is 2.26. The molecule has 1 unspecified atom stereocenters. The molecule has 1 aliphatic heterocycles. The largest absolute Gasteiger partial charge is 0.368 e. The molecular formula is C23H30ClN7S. The van der Waals surface area contributed by atoms with E-state index in [1.165, 1.54) is 0 Å². The van der Waals surface area contributed by atoms with Crippen molar-refractivity contribution in [3.63, 3.8) is 0 Å². The number of hydrogen-bond acceptors (Lipinski definition) is 8. The van der Waals surface area contributed by atoms with Crippen LogP contribution in [0.3, 0.4) is 0 Å². The lowest BCUT2D eigenvalue weighted by Gasteiger charge is -2.40. The van der Waals surface area contributed by atoms with Crippen LogP contribution < -0.4 is 14.9 Å². The van der Waals surface area contributed by atoms with Gasteiger partial charge in [0.1, 0.15) is 11.0 Å². The minimum atomic E-state index is 0.444. The van der Waals surface area contributed by atoms with Crippen LogP contribution in [-0.2, 0) is 0 Å². The number of pyridine rings is 1. The van der Waals surface area contributed by atoms with E-state index in [2.05, 4.69) is 50.8 Å². The maximum atomic E-state index is 6.18. The summed E-state index contributed by atoms with van der Waals surface area (Å²) in [5, 5.41) is 4.83. The van der Waals surface area contributed by atoms with Gasteiger partial charge in [0.05, 0.1) is 11.7 Å². The van der Waals surface area contributed by atoms with E-state index in [-0.39, 0.29) is 0 Å². The van der Waals surface area contributed by atoms with Gasteiger partial charge in [0.25, 0.3) is 0 Å². The first-order valence-electron chi connectivity index (χ1n) is 11.2. The topological polar surface area (TPSA) is 69.2 Å². The van der Waals surface area contributed by atoms with E-state index < -0.39 is 0 Å². The van der Waals surface area contributed by atoms with Gasteiger partial charge in [-0.05, 0) is 31.2 Å². The molecule has 2 N–H and O–H groups in total. The van der Waals surface area contributed by atoms with Gasteiger partial charge in [-0.3, -0.25) is 4.90 Å². The van der Waals surface area contributed by atoms with Crippen LogP contribution in [0.5, 0.6) is 0 Å². The van der Waals surface area contributed by atoms with Crippen molar-refractivity contribution in [2.75, 3.05) is 53.4 Å². The highest BCUT2D eigenvalue weighted by Crippen LogP contribution is 2.27. The van der Waals surface area contributed by atoms with Crippen molar-refractivity contribution in [3.05, 3.63) is 47.7 Å². The molecule has 3 heterocycles. The summed E-state index contributed by atoms with van der Waals surface area (Å²) in [6.07, 6.45) is 2.85. The average Bonchev–Trinajstić information content (AvgIpc) is 2.84. The van der Waals surface area contributed by atoms with Crippen molar-refractivity contribution >= 4 is 51.9 Å². The molecule has 170 valence electrons. The number of para-hydroxylation sites is 1. The molecule has 7 nitrogen and oxygen atoms in total. The Balaban J connectivity index is 1.47. The van der Waals surface area contributed by atoms with Gasteiger partial charge in [-0.2, -0.15) is 4.98 Å². The number of anilines is 3. The van der Waals surface area contributed by atoms with Crippen LogP contribution in [0.4, 0.5) is 17.5 Å². The lowest BCUT2D eigenvalue weighted by atomic mass is 10.1. The maximum absolute atomic E-state index is 6.18. The monoisotopic (exact) mass is 471 g/mol. The molecule has 9 heteroatoms. The number of nitrogens with one attached hydrogen (secondary N) is 2. The van der Waals surface area contributed by atoms with Gasteiger partial charge in [0, 0.05) is 49.0 Å². The molecular weight excluding hydrogens is 442 g/mol. The van der Waals surface area contributed by atoms with Gasteiger partial charge in [-0.25, -0.2) is 9.97 Å². The highest BCUT2D eigenvalue weighted by molar-refractivity contribution is 8.00. The molecule has 32 heavy (non-hydrogen) atoms. The van der Waals surface area contributed by atoms with Crippen LogP contribution in [0.15, 0.2) is 42.6 Å². The number of benzene rings is 1. The maximum Gasteiger partial charge on any atom is 0.228 e. The first kappa shape index (κ1) is 22.9. The summed E-state index contributed by atoms with van der Waals surface area (Å²) in [6.45, 7) is 9.21. The summed E-state index contributed by atoms with van der Waals surface area (Å²) >= 11 is 7.84. The van der Waals surface area contributed by atoms with Crippen LogP contribution in [0.1, 0.15) is 20.3 Å². The first-order valence-corrected chi connectivity index (χ1v) is 12.5. The molecule has 1 atom stereocenters. The summed E-state index contributed by atoms with van der Waals surface area (Å²) in [5.74, 6) is 2.44. The molecule has 3 aromatic rings. The molecule has 0 aliphatic carbocycles. The molecule has 1 fully saturated rings. The van der Waals surface area contributed by atoms with Crippen molar-refractivity contribution in [1.82, 2.24) is 19.9 Å². The van der Waals surface area contributed by atoms with Gasteiger partial charge >= 0.3 is 0 Å². The molecule has 0 radical (unpaired) electrons. The number of rotatable bonds is 9. The Morgan fingerprint density at radius 3 is 2.78 bits per heavy atom. The summed E-state index contributed by atoms with van der Waals surface area (Å²) < 4.78 is 3.36. The van der Waals surface area contributed by atoms with Gasteiger partial charge in [-0.15, -0.1) is 0 Å². The quantitative estimate of drug-likeness (QED) is 0.263. The highest BCUT2D eigenvalue weighted by atomic mass is 35.5. The molecule has 0 amide bonds. The summed E-state index contributed by atoms with van der Waals surface area (Å²) in [4.78, 5) is 18.8. The summed E-state index contributed by atoms with van der Waals surface area (Å²) in [7, 11) is 0. The summed E-state index contributed by atoms with van der Waals surface area (Å²) in [6, 6.07) is 12.5. The standard InChI is InChI=1S/C23H30ClN7S/c1-3-18-16-31(12-11-30(18)4-2)23-27-20-15-26-21(24)14-19(20)22(28-23)25-10-13-32-29-17-8-6-5-7-9-17/h5-9,14-15,18,29H,3-4,10-13,16H2,1-2H3,(H,25,27,28). The Morgan fingerprint density at radius 2 is 2.00 bits per heavy atom. The second-order valence-corrected chi connectivity index (χ2v) is 9.06. The van der Waals surface area contributed by atoms with Gasteiger partial charge in [-0.1, -0.05) is 55.6 Å². The molecule has 4 rings (SSSR count). The predicted octanol–water partition coefficient (Wildman–Crippen LogP) is 4.77. The number of piperazine rings is 1. The number of likely N-dealkylation sites (N-methyl/N-ethyl adjacent to an activating group) is 1. The third-order valence-electron chi connectivity index (χ3n) is 5.76. The predicted molar refractivity (Wildman–Crippen MR) is 137 cm³/mol. The van der Waals surface area contributed by atoms with E-state index in [9.17, 15) is 0 Å². The smallest absolute Gasteiger partial charge is 0.228 e. The fourth-order valence-electron chi connectivity index (χ4n) is 4.01. The van der Waals surface area contributed by atoms with E-state index in [1.54, 1.807) is 18.1 Å². The van der Waals surface area contributed by atoms with Crippen molar-refractivity contribution in [1.29, 1.82) is 0 Å². The Labute approximate surface area is 199 Å². The molecule has 1 saturated heterocycles. The SMILES string of the molecule is CCC1CN(c2nc(NCCSNc3ccccc3)c3cc(Cl)ncc3n2)CCN1CC. The molecule has 0 saturated carbocycles. The fourth-order valence-corrected chi connectivity index (χ4v) is 4.78. The van der Waals surface area contributed by atoms with E-state index in [1.807, 2.05) is 24.3 Å². The first-order chi connectivity index (χ1) is 15.7.